The van der Waals surface area contributed by atoms with Gasteiger partial charge >= 0.3 is 187 Å². The molecule has 2 heterocycles. The Balaban J connectivity index is 1.53. The zero-order valence-corrected chi connectivity index (χ0v) is 21.8. The molecule has 0 aliphatic carbocycles. The number of aromatic nitrogens is 2. The quantitative estimate of drug-likeness (QED) is 0.307. The van der Waals surface area contributed by atoms with Gasteiger partial charge < -0.3 is 9.64 Å². The molecule has 39 heavy (non-hydrogen) atoms. The molecule has 200 valence electrons. The Morgan fingerprint density at radius 3 is 2.51 bits per heavy atom. The van der Waals surface area contributed by atoms with Crippen molar-refractivity contribution >= 4 is 53.7 Å². The molecule has 10 nitrogen and oxygen atoms in total. The molecular weight excluding hydrogens is 551 g/mol. The number of nitrogens with one attached hydrogen (secondary N) is 1. The summed E-state index contributed by atoms with van der Waals surface area (Å²) >= 11 is 12.3. The van der Waals surface area contributed by atoms with Crippen LogP contribution in [-0.4, -0.2) is 60.4 Å². The Morgan fingerprint density at radius 1 is 1.15 bits per heavy atom. The number of anilines is 2. The van der Waals surface area contributed by atoms with Crippen molar-refractivity contribution in [3.8, 4) is 5.75 Å². The second-order valence-electron chi connectivity index (χ2n) is 8.36. The standard InChI is InChI=1S/C25H21BCl2FN5O5/c1-13(26-37)22(20-16(27)6-7-17(29)21(20)28)39-19-12-18(32-33-23(19)30)24(35)31-15-4-2-14(3-5-15)25(36)34-8-10-38-11-9-34/h2-7,12,22H,1,8-11H2,(H2,30,33)(H,31,35). The van der Waals surface area contributed by atoms with Crippen molar-refractivity contribution in [1.29, 1.82) is 0 Å². The predicted molar refractivity (Wildman–Crippen MR) is 143 cm³/mol. The van der Waals surface area contributed by atoms with Gasteiger partial charge in [0.1, 0.15) is 0 Å². The van der Waals surface area contributed by atoms with E-state index in [1.165, 1.54) is 12.1 Å². The van der Waals surface area contributed by atoms with Crippen LogP contribution in [0.5, 0.6) is 5.75 Å². The monoisotopic (exact) mass is 571 g/mol. The molecule has 0 bridgehead atoms. The van der Waals surface area contributed by atoms with Crippen LogP contribution in [0.2, 0.25) is 10.0 Å². The Labute approximate surface area is 233 Å². The summed E-state index contributed by atoms with van der Waals surface area (Å²) in [4.78, 5) is 27.2. The predicted octanol–water partition coefficient (Wildman–Crippen LogP) is 3.91. The molecule has 3 aromatic rings. The van der Waals surface area contributed by atoms with Crippen LogP contribution in [0, 0.1) is 5.82 Å². The normalized spacial score (nSPS) is 13.8. The minimum absolute atomic E-state index is 0.0171. The van der Waals surface area contributed by atoms with E-state index in [0.717, 1.165) is 6.07 Å². The SMILES string of the molecule is C=C(B=O)C(Oc1cc(C(=O)Nc2ccc(C(=O)N3CCOCC3)cc2)nnc1N)c1c(Cl)ccc(F)c1Cl. The number of carbonyl (C=O) groups is 2. The number of morpholine rings is 1. The van der Waals surface area contributed by atoms with Crippen molar-refractivity contribution in [2.24, 2.45) is 0 Å². The Hall–Kier alpha value is -3.87. The zero-order chi connectivity index (χ0) is 28.1. The maximum atomic E-state index is 14.2. The van der Waals surface area contributed by atoms with Gasteiger partial charge in [-0.3, -0.25) is 4.79 Å². The van der Waals surface area contributed by atoms with Gasteiger partial charge in [-0.05, 0) is 0 Å². The van der Waals surface area contributed by atoms with Gasteiger partial charge in [0.15, 0.2) is 0 Å². The molecule has 1 saturated heterocycles. The Bertz CT molecular complexity index is 1440. The van der Waals surface area contributed by atoms with Crippen LogP contribution in [0.3, 0.4) is 0 Å². The van der Waals surface area contributed by atoms with Crippen LogP contribution in [0.4, 0.5) is 15.9 Å². The number of nitrogens with two attached hydrogens (primary N) is 1. The van der Waals surface area contributed by atoms with Gasteiger partial charge in [0, 0.05) is 13.1 Å². The van der Waals surface area contributed by atoms with Crippen molar-refractivity contribution in [3.63, 3.8) is 0 Å². The van der Waals surface area contributed by atoms with Crippen LogP contribution in [0.1, 0.15) is 32.5 Å². The first kappa shape index (κ1) is 28.2. The molecule has 3 N–H and O–H groups in total. The first-order chi connectivity index (χ1) is 18.7. The van der Waals surface area contributed by atoms with E-state index in [1.54, 1.807) is 29.2 Å². The number of halogens is 3. The third-order valence-electron chi connectivity index (χ3n) is 5.78. The van der Waals surface area contributed by atoms with Gasteiger partial charge in [0.2, 0.25) is 0 Å². The molecule has 2 aromatic carbocycles. The zero-order valence-electron chi connectivity index (χ0n) is 20.3. The fourth-order valence-electron chi connectivity index (χ4n) is 3.72. The summed E-state index contributed by atoms with van der Waals surface area (Å²) in [5.74, 6) is -1.95. The third kappa shape index (κ3) is 6.41. The van der Waals surface area contributed by atoms with Crippen LogP contribution in [0.25, 0.3) is 0 Å². The number of amides is 2. The van der Waals surface area contributed by atoms with Crippen molar-refractivity contribution in [1.82, 2.24) is 15.1 Å². The molecular formula is C25H21BCl2FN5O5. The molecule has 4 rings (SSSR count). The maximum absolute atomic E-state index is 14.2. The van der Waals surface area contributed by atoms with E-state index >= 15 is 0 Å². The van der Waals surface area contributed by atoms with Crippen LogP contribution in [0.15, 0.2) is 54.5 Å². The number of nitrogens with zero attached hydrogens (tertiary/aromatic N) is 3. The first-order valence-corrected chi connectivity index (χ1v) is 12.3. The molecule has 1 atom stereocenters. The van der Waals surface area contributed by atoms with E-state index in [1.807, 2.05) is 0 Å². The molecule has 1 aliphatic rings. The van der Waals surface area contributed by atoms with Crippen molar-refractivity contribution in [2.45, 2.75) is 6.10 Å². The number of hydrogen-bond donors (Lipinski definition) is 2. The van der Waals surface area contributed by atoms with Crippen LogP contribution < -0.4 is 15.8 Å². The van der Waals surface area contributed by atoms with Crippen LogP contribution in [-0.2, 0) is 9.44 Å². The number of benzene rings is 2. The van der Waals surface area contributed by atoms with Gasteiger partial charge in [-0.1, -0.05) is 0 Å². The molecule has 1 fully saturated rings. The van der Waals surface area contributed by atoms with Gasteiger partial charge in [-0.25, -0.2) is 0 Å². The Morgan fingerprint density at radius 2 is 1.85 bits per heavy atom. The molecule has 1 aromatic heterocycles. The van der Waals surface area contributed by atoms with E-state index in [2.05, 4.69) is 22.1 Å². The summed E-state index contributed by atoms with van der Waals surface area (Å²) in [5.41, 5.74) is 6.38. The second-order valence-corrected chi connectivity index (χ2v) is 9.15. The van der Waals surface area contributed by atoms with Gasteiger partial charge in [-0.2, -0.15) is 0 Å². The van der Waals surface area contributed by atoms with Crippen molar-refractivity contribution < 1.29 is 28.2 Å². The minimum atomic E-state index is -1.34. The van der Waals surface area contributed by atoms with E-state index < -0.39 is 17.8 Å². The molecule has 0 saturated carbocycles. The average Bonchev–Trinajstić information content (AvgIpc) is 2.95. The molecule has 0 spiro atoms. The van der Waals surface area contributed by atoms with Gasteiger partial charge in [0.05, 0.1) is 13.2 Å². The number of carbonyl (C=O) groups excluding carboxylic acids is 2. The summed E-state index contributed by atoms with van der Waals surface area (Å²) in [7, 11) is 0.397. The number of ether oxygens (including phenoxy) is 2. The average molecular weight is 572 g/mol. The number of rotatable bonds is 8. The van der Waals surface area contributed by atoms with E-state index in [4.69, 9.17) is 38.4 Å². The molecule has 0 radical (unpaired) electrons. The molecule has 1 unspecified atom stereocenters. The fourth-order valence-corrected chi connectivity index (χ4v) is 4.29. The number of nitrogen functional groups attached to an aromatic ring is 1. The van der Waals surface area contributed by atoms with Gasteiger partial charge in [-0.15, -0.1) is 0 Å². The second kappa shape index (κ2) is 12.3. The third-order valence-corrected chi connectivity index (χ3v) is 6.49. The number of hydrogen-bond acceptors (Lipinski definition) is 8. The molecule has 1 aliphatic heterocycles. The fraction of sp³-hybridized carbons (Fsp3) is 0.200. The van der Waals surface area contributed by atoms with Gasteiger partial charge in [0.25, 0.3) is 5.91 Å². The van der Waals surface area contributed by atoms with E-state index in [0.29, 0.717) is 44.7 Å². The summed E-state index contributed by atoms with van der Waals surface area (Å²) < 4.78 is 36.8. The van der Waals surface area contributed by atoms with E-state index in [-0.39, 0.29) is 44.2 Å². The molecule has 2 amide bonds. The summed E-state index contributed by atoms with van der Waals surface area (Å²) in [6.45, 7) is 5.62. The van der Waals surface area contributed by atoms with Crippen molar-refractivity contribution in [2.75, 3.05) is 37.4 Å². The van der Waals surface area contributed by atoms with Crippen molar-refractivity contribution in [3.05, 3.63) is 87.2 Å². The van der Waals surface area contributed by atoms with E-state index in [9.17, 15) is 18.7 Å². The summed E-state index contributed by atoms with van der Waals surface area (Å²) in [6.07, 6.45) is -1.34. The topological polar surface area (TPSA) is 137 Å². The summed E-state index contributed by atoms with van der Waals surface area (Å²) in [6, 6.07) is 9.85. The first-order valence-electron chi connectivity index (χ1n) is 11.5. The van der Waals surface area contributed by atoms with Crippen LogP contribution >= 0.6 is 23.2 Å². The summed E-state index contributed by atoms with van der Waals surface area (Å²) in [5, 5.41) is 9.83. The Kier molecular flexibility index (Phi) is 8.90. The molecule has 14 heteroatoms.